The van der Waals surface area contributed by atoms with Gasteiger partial charge in [-0.15, -0.1) is 0 Å². The van der Waals surface area contributed by atoms with Crippen LogP contribution in [0.1, 0.15) is 54.1 Å². The molecule has 3 aromatic carbocycles. The van der Waals surface area contributed by atoms with Crippen molar-refractivity contribution in [2.24, 2.45) is 0 Å². The van der Waals surface area contributed by atoms with Crippen LogP contribution in [0.2, 0.25) is 0 Å². The van der Waals surface area contributed by atoms with Gasteiger partial charge in [-0.3, -0.25) is 4.79 Å². The number of rotatable bonds is 5. The Morgan fingerprint density at radius 3 is 2.30 bits per heavy atom. The lowest BCUT2D eigenvalue weighted by atomic mass is 9.95. The molecule has 5 nitrogen and oxygen atoms in total. The van der Waals surface area contributed by atoms with E-state index in [1.54, 1.807) is 12.1 Å². The number of amides is 1. The number of nitrogen functional groups attached to an aromatic ring is 1. The third-order valence-electron chi connectivity index (χ3n) is 6.57. The van der Waals surface area contributed by atoms with Gasteiger partial charge in [-0.05, 0) is 67.0 Å². The molecule has 33 heavy (non-hydrogen) atoms. The van der Waals surface area contributed by atoms with Gasteiger partial charge in [-0.1, -0.05) is 55.7 Å². The maximum Gasteiger partial charge on any atom is 0.255 e. The molecule has 0 spiro atoms. The van der Waals surface area contributed by atoms with Crippen molar-refractivity contribution >= 4 is 40.5 Å². The molecule has 6 heteroatoms. The summed E-state index contributed by atoms with van der Waals surface area (Å²) in [5.74, 6) is -0.176. The first-order valence-electron chi connectivity index (χ1n) is 11.6. The summed E-state index contributed by atoms with van der Waals surface area (Å²) < 4.78 is 5.47. The van der Waals surface area contributed by atoms with E-state index in [4.69, 9.17) is 18.0 Å². The number of imidazole rings is 1. The van der Waals surface area contributed by atoms with Crippen LogP contribution in [0.5, 0.6) is 0 Å². The van der Waals surface area contributed by atoms with E-state index in [0.717, 1.165) is 15.9 Å². The Labute approximate surface area is 198 Å². The van der Waals surface area contributed by atoms with Gasteiger partial charge in [0.2, 0.25) is 0 Å². The van der Waals surface area contributed by atoms with E-state index in [1.807, 2.05) is 36.4 Å². The molecule has 3 N–H and O–H groups in total. The Morgan fingerprint density at radius 1 is 0.909 bits per heavy atom. The largest absolute Gasteiger partial charge is 0.397 e. The Kier molecular flexibility index (Phi) is 6.01. The minimum absolute atomic E-state index is 0.176. The fraction of sp³-hybridized carbons (Fsp3) is 0.259. The zero-order valence-electron chi connectivity index (χ0n) is 18.5. The number of para-hydroxylation sites is 4. The smallest absolute Gasteiger partial charge is 0.255 e. The number of aromatic nitrogens is 2. The highest BCUT2D eigenvalue weighted by atomic mass is 32.1. The fourth-order valence-corrected chi connectivity index (χ4v) is 5.24. The lowest BCUT2D eigenvalue weighted by molar-refractivity contribution is 0.102. The number of hydrogen-bond acceptors (Lipinski definition) is 3. The molecule has 1 amide bonds. The van der Waals surface area contributed by atoms with Crippen molar-refractivity contribution in [1.82, 2.24) is 9.13 Å². The number of carbonyl (C=O) groups excluding carboxylic acids is 1. The van der Waals surface area contributed by atoms with Crippen LogP contribution >= 0.6 is 12.2 Å². The van der Waals surface area contributed by atoms with E-state index in [0.29, 0.717) is 29.5 Å². The quantitative estimate of drug-likeness (QED) is 0.264. The van der Waals surface area contributed by atoms with Gasteiger partial charge in [-0.25, -0.2) is 0 Å². The van der Waals surface area contributed by atoms with Gasteiger partial charge in [0.05, 0.1) is 29.0 Å². The van der Waals surface area contributed by atoms with Gasteiger partial charge in [-0.2, -0.15) is 0 Å². The number of hydrogen-bond donors (Lipinski definition) is 2. The summed E-state index contributed by atoms with van der Waals surface area (Å²) in [6, 6.07) is 23.9. The molecule has 0 bridgehead atoms. The highest BCUT2D eigenvalue weighted by Crippen LogP contribution is 2.32. The van der Waals surface area contributed by atoms with Gasteiger partial charge in [0.1, 0.15) is 0 Å². The lowest BCUT2D eigenvalue weighted by Gasteiger charge is -2.23. The minimum Gasteiger partial charge on any atom is -0.397 e. The minimum atomic E-state index is -0.176. The van der Waals surface area contributed by atoms with Gasteiger partial charge >= 0.3 is 0 Å². The zero-order valence-corrected chi connectivity index (χ0v) is 19.4. The van der Waals surface area contributed by atoms with E-state index >= 15 is 0 Å². The molecule has 0 saturated heterocycles. The summed E-state index contributed by atoms with van der Waals surface area (Å²) in [6.07, 6.45) is 6.24. The topological polar surface area (TPSA) is 65.0 Å². The summed E-state index contributed by atoms with van der Waals surface area (Å²) in [7, 11) is 0. The maximum atomic E-state index is 12.7. The van der Waals surface area contributed by atoms with Crippen LogP contribution in [-0.4, -0.2) is 15.0 Å². The van der Waals surface area contributed by atoms with Crippen LogP contribution in [0.4, 0.5) is 11.4 Å². The number of carbonyl (C=O) groups is 1. The van der Waals surface area contributed by atoms with E-state index in [-0.39, 0.29) is 5.91 Å². The summed E-state index contributed by atoms with van der Waals surface area (Å²) in [5, 5.41) is 2.88. The van der Waals surface area contributed by atoms with Crippen molar-refractivity contribution in [1.29, 1.82) is 0 Å². The second-order valence-corrected chi connectivity index (χ2v) is 9.12. The number of anilines is 2. The number of nitrogens with one attached hydrogen (secondary N) is 1. The molecule has 0 unspecified atom stereocenters. The van der Waals surface area contributed by atoms with Crippen molar-refractivity contribution in [3.05, 3.63) is 88.7 Å². The number of benzene rings is 3. The van der Waals surface area contributed by atoms with E-state index in [2.05, 4.69) is 38.7 Å². The van der Waals surface area contributed by atoms with Crippen LogP contribution in [0, 0.1) is 4.77 Å². The number of nitrogens with two attached hydrogens (primary N) is 1. The average Bonchev–Trinajstić information content (AvgIpc) is 3.12. The van der Waals surface area contributed by atoms with Crippen molar-refractivity contribution < 1.29 is 4.79 Å². The molecule has 168 valence electrons. The van der Waals surface area contributed by atoms with Crippen molar-refractivity contribution in [3.8, 4) is 0 Å². The Bertz CT molecular complexity index is 1350. The SMILES string of the molecule is Nc1ccccc1NC(=O)c1ccc(Cn2c(=S)n(C3CCCCC3)c3ccccc32)cc1. The third kappa shape index (κ3) is 4.31. The summed E-state index contributed by atoms with van der Waals surface area (Å²) in [4.78, 5) is 12.7. The van der Waals surface area contributed by atoms with Crippen LogP contribution < -0.4 is 11.1 Å². The molecule has 1 fully saturated rings. The molecule has 5 rings (SSSR count). The molecule has 1 heterocycles. The molecule has 4 aromatic rings. The fourth-order valence-electron chi connectivity index (χ4n) is 4.83. The van der Waals surface area contributed by atoms with Crippen LogP contribution in [0.15, 0.2) is 72.8 Å². The van der Waals surface area contributed by atoms with E-state index < -0.39 is 0 Å². The summed E-state index contributed by atoms with van der Waals surface area (Å²) in [6.45, 7) is 0.673. The van der Waals surface area contributed by atoms with Gasteiger partial charge in [0, 0.05) is 11.6 Å². The van der Waals surface area contributed by atoms with Crippen molar-refractivity contribution in [2.45, 2.75) is 44.7 Å². The Balaban J connectivity index is 1.40. The van der Waals surface area contributed by atoms with Gasteiger partial charge in [0.25, 0.3) is 5.91 Å². The monoisotopic (exact) mass is 456 g/mol. The first-order chi connectivity index (χ1) is 16.1. The molecule has 0 atom stereocenters. The maximum absolute atomic E-state index is 12.7. The second kappa shape index (κ2) is 9.24. The number of fused-ring (bicyclic) bond motifs is 1. The molecule has 0 aliphatic heterocycles. The highest BCUT2D eigenvalue weighted by Gasteiger charge is 2.20. The molecular formula is C27H28N4OS. The first kappa shape index (κ1) is 21.5. The molecule has 1 saturated carbocycles. The van der Waals surface area contributed by atoms with Gasteiger partial charge < -0.3 is 20.2 Å². The molecule has 1 aromatic heterocycles. The first-order valence-corrected chi connectivity index (χ1v) is 12.0. The van der Waals surface area contributed by atoms with Crippen LogP contribution in [0.3, 0.4) is 0 Å². The lowest BCUT2D eigenvalue weighted by Crippen LogP contribution is -2.14. The standard InChI is InChI=1S/C27H28N4OS/c28-22-10-4-5-11-23(22)29-26(32)20-16-14-19(15-17-20)18-30-24-12-6-7-13-25(24)31(27(30)33)21-8-2-1-3-9-21/h4-7,10-17,21H,1-3,8-9,18,28H2,(H,29,32). The normalized spacial score (nSPS) is 14.4. The second-order valence-electron chi connectivity index (χ2n) is 8.76. The highest BCUT2D eigenvalue weighted by molar-refractivity contribution is 7.71. The summed E-state index contributed by atoms with van der Waals surface area (Å²) in [5.41, 5.74) is 11.2. The van der Waals surface area contributed by atoms with Crippen LogP contribution in [0.25, 0.3) is 11.0 Å². The van der Waals surface area contributed by atoms with E-state index in [1.165, 1.54) is 37.6 Å². The Hall–Kier alpha value is -3.38. The van der Waals surface area contributed by atoms with Crippen molar-refractivity contribution in [2.75, 3.05) is 11.1 Å². The average molecular weight is 457 g/mol. The molecule has 1 aliphatic rings. The van der Waals surface area contributed by atoms with E-state index in [9.17, 15) is 4.79 Å². The predicted octanol–water partition coefficient (Wildman–Crippen LogP) is 6.56. The predicted molar refractivity (Wildman–Crippen MR) is 137 cm³/mol. The summed E-state index contributed by atoms with van der Waals surface area (Å²) >= 11 is 5.98. The number of nitrogens with zero attached hydrogens (tertiary/aromatic N) is 2. The van der Waals surface area contributed by atoms with Crippen LogP contribution in [-0.2, 0) is 6.54 Å². The molecule has 1 aliphatic carbocycles. The van der Waals surface area contributed by atoms with Crippen molar-refractivity contribution in [3.63, 3.8) is 0 Å². The Morgan fingerprint density at radius 2 is 1.58 bits per heavy atom. The molecule has 0 radical (unpaired) electrons. The zero-order chi connectivity index (χ0) is 22.8. The molecular weight excluding hydrogens is 428 g/mol. The third-order valence-corrected chi connectivity index (χ3v) is 6.99. The van der Waals surface area contributed by atoms with Gasteiger partial charge in [0.15, 0.2) is 4.77 Å².